The Kier molecular flexibility index (Phi) is 4.56. The van der Waals surface area contributed by atoms with Gasteiger partial charge in [0.25, 0.3) is 0 Å². The Bertz CT molecular complexity index is 510. The number of pyridine rings is 1. The lowest BCUT2D eigenvalue weighted by atomic mass is 10.1. The molecule has 2 rings (SSSR count). The summed E-state index contributed by atoms with van der Waals surface area (Å²) in [6.07, 6.45) is 6.26. The third-order valence-electron chi connectivity index (χ3n) is 3.36. The Morgan fingerprint density at radius 2 is 2.42 bits per heavy atom. The molecule has 4 nitrogen and oxygen atoms in total. The summed E-state index contributed by atoms with van der Waals surface area (Å²) >= 11 is 5.86. The van der Waals surface area contributed by atoms with Crippen LogP contribution in [0.5, 0.6) is 0 Å². The molecule has 0 spiro atoms. The van der Waals surface area contributed by atoms with Gasteiger partial charge in [-0.2, -0.15) is 0 Å². The highest BCUT2D eigenvalue weighted by Crippen LogP contribution is 2.19. The standard InChI is InChI=1S/C14H19ClN4/c1-10-5-14(15)18-8-13(10)11(6-16)7-17-12-3-4-19(2)9-12/h5-8,12H,3-4,9,16H2,1-2H3/b11-6+,17-7?. The number of halogens is 1. The summed E-state index contributed by atoms with van der Waals surface area (Å²) in [6, 6.07) is 2.19. The molecule has 1 unspecified atom stereocenters. The van der Waals surface area contributed by atoms with Gasteiger partial charge in [-0.25, -0.2) is 4.98 Å². The number of aryl methyl sites for hydroxylation is 1. The minimum absolute atomic E-state index is 0.362. The van der Waals surface area contributed by atoms with Crippen LogP contribution >= 0.6 is 11.6 Å². The molecule has 1 fully saturated rings. The maximum atomic E-state index is 5.86. The molecule has 1 atom stereocenters. The van der Waals surface area contributed by atoms with Crippen LogP contribution in [-0.4, -0.2) is 42.3 Å². The maximum absolute atomic E-state index is 5.86. The van der Waals surface area contributed by atoms with E-state index in [1.165, 1.54) is 0 Å². The first-order valence-corrected chi connectivity index (χ1v) is 6.74. The van der Waals surface area contributed by atoms with Gasteiger partial charge in [-0.3, -0.25) is 4.99 Å². The van der Waals surface area contributed by atoms with Gasteiger partial charge in [0.1, 0.15) is 5.15 Å². The highest BCUT2D eigenvalue weighted by molar-refractivity contribution is 6.29. The molecule has 1 aliphatic rings. The lowest BCUT2D eigenvalue weighted by molar-refractivity contribution is 0.412. The Hall–Kier alpha value is -1.39. The second-order valence-electron chi connectivity index (χ2n) is 4.93. The maximum Gasteiger partial charge on any atom is 0.129 e. The Morgan fingerprint density at radius 3 is 3.00 bits per heavy atom. The molecule has 0 radical (unpaired) electrons. The molecule has 0 amide bonds. The minimum atomic E-state index is 0.362. The first kappa shape index (κ1) is 14.0. The van der Waals surface area contributed by atoms with Crippen molar-refractivity contribution in [1.29, 1.82) is 0 Å². The number of likely N-dealkylation sites (tertiary alicyclic amines) is 1. The molecule has 1 saturated heterocycles. The zero-order chi connectivity index (χ0) is 13.8. The Morgan fingerprint density at radius 1 is 1.63 bits per heavy atom. The summed E-state index contributed by atoms with van der Waals surface area (Å²) < 4.78 is 0. The monoisotopic (exact) mass is 278 g/mol. The lowest BCUT2D eigenvalue weighted by Crippen LogP contribution is -2.15. The predicted molar refractivity (Wildman–Crippen MR) is 80.5 cm³/mol. The largest absolute Gasteiger partial charge is 0.404 e. The topological polar surface area (TPSA) is 54.5 Å². The molecule has 2 heterocycles. The van der Waals surface area contributed by atoms with Crippen LogP contribution < -0.4 is 5.73 Å². The van der Waals surface area contributed by atoms with E-state index in [4.69, 9.17) is 17.3 Å². The van der Waals surface area contributed by atoms with Crippen molar-refractivity contribution in [1.82, 2.24) is 9.88 Å². The fourth-order valence-electron chi connectivity index (χ4n) is 2.25. The van der Waals surface area contributed by atoms with Crippen molar-refractivity contribution in [2.24, 2.45) is 10.7 Å². The van der Waals surface area contributed by atoms with Crippen molar-refractivity contribution in [3.63, 3.8) is 0 Å². The van der Waals surface area contributed by atoms with Crippen LogP contribution in [0.1, 0.15) is 17.5 Å². The first-order chi connectivity index (χ1) is 9.10. The lowest BCUT2D eigenvalue weighted by Gasteiger charge is -2.08. The molecule has 1 aliphatic heterocycles. The predicted octanol–water partition coefficient (Wildman–Crippen LogP) is 2.12. The van der Waals surface area contributed by atoms with Crippen LogP contribution in [0.25, 0.3) is 5.57 Å². The van der Waals surface area contributed by atoms with Crippen molar-refractivity contribution < 1.29 is 0 Å². The van der Waals surface area contributed by atoms with Gasteiger partial charge in [0.15, 0.2) is 0 Å². The van der Waals surface area contributed by atoms with Gasteiger partial charge in [-0.15, -0.1) is 0 Å². The second-order valence-corrected chi connectivity index (χ2v) is 5.31. The van der Waals surface area contributed by atoms with Crippen LogP contribution in [0.2, 0.25) is 5.15 Å². The third kappa shape index (κ3) is 3.55. The van der Waals surface area contributed by atoms with Gasteiger partial charge in [0, 0.05) is 36.3 Å². The van der Waals surface area contributed by atoms with Crippen LogP contribution in [0.15, 0.2) is 23.5 Å². The van der Waals surface area contributed by atoms with Crippen LogP contribution in [-0.2, 0) is 0 Å². The highest BCUT2D eigenvalue weighted by Gasteiger charge is 2.17. The van der Waals surface area contributed by atoms with E-state index in [-0.39, 0.29) is 0 Å². The summed E-state index contributed by atoms with van der Waals surface area (Å²) in [7, 11) is 2.11. The quantitative estimate of drug-likeness (QED) is 0.681. The highest BCUT2D eigenvalue weighted by atomic mass is 35.5. The minimum Gasteiger partial charge on any atom is -0.404 e. The summed E-state index contributed by atoms with van der Waals surface area (Å²) in [5.74, 6) is 0. The molecule has 2 N–H and O–H groups in total. The van der Waals surface area contributed by atoms with E-state index in [1.54, 1.807) is 12.4 Å². The fourth-order valence-corrected chi connectivity index (χ4v) is 2.46. The average molecular weight is 279 g/mol. The summed E-state index contributed by atoms with van der Waals surface area (Å²) in [6.45, 7) is 4.10. The van der Waals surface area contributed by atoms with E-state index in [0.717, 1.165) is 36.2 Å². The van der Waals surface area contributed by atoms with E-state index in [1.807, 2.05) is 19.2 Å². The smallest absolute Gasteiger partial charge is 0.129 e. The van der Waals surface area contributed by atoms with E-state index in [0.29, 0.717) is 11.2 Å². The van der Waals surface area contributed by atoms with E-state index in [9.17, 15) is 0 Å². The van der Waals surface area contributed by atoms with Crippen molar-refractivity contribution >= 4 is 23.4 Å². The van der Waals surface area contributed by atoms with Crippen molar-refractivity contribution in [3.05, 3.63) is 34.7 Å². The summed E-state index contributed by atoms with van der Waals surface area (Å²) in [5.41, 5.74) is 8.61. The van der Waals surface area contributed by atoms with Crippen LogP contribution in [0.4, 0.5) is 0 Å². The zero-order valence-electron chi connectivity index (χ0n) is 11.3. The number of nitrogens with zero attached hydrogens (tertiary/aromatic N) is 3. The summed E-state index contributed by atoms with van der Waals surface area (Å²) in [4.78, 5) is 11.0. The van der Waals surface area contributed by atoms with Crippen molar-refractivity contribution in [2.75, 3.05) is 20.1 Å². The molecular weight excluding hydrogens is 260 g/mol. The molecule has 0 bridgehead atoms. The number of aromatic nitrogens is 1. The number of aliphatic imine (C=N–C) groups is 1. The van der Waals surface area contributed by atoms with E-state index in [2.05, 4.69) is 21.9 Å². The molecule has 19 heavy (non-hydrogen) atoms. The molecular formula is C14H19ClN4. The second kappa shape index (κ2) is 6.17. The molecule has 1 aromatic rings. The first-order valence-electron chi connectivity index (χ1n) is 6.36. The zero-order valence-corrected chi connectivity index (χ0v) is 12.1. The number of likely N-dealkylation sites (N-methyl/N-ethyl adjacent to an activating group) is 1. The number of nitrogens with two attached hydrogens (primary N) is 1. The van der Waals surface area contributed by atoms with Crippen molar-refractivity contribution in [2.45, 2.75) is 19.4 Å². The third-order valence-corrected chi connectivity index (χ3v) is 3.57. The van der Waals surface area contributed by atoms with Gasteiger partial charge in [-0.05, 0) is 38.6 Å². The molecule has 0 aliphatic carbocycles. The van der Waals surface area contributed by atoms with Crippen LogP contribution in [0, 0.1) is 6.92 Å². The summed E-state index contributed by atoms with van der Waals surface area (Å²) in [5, 5.41) is 0.493. The Labute approximate surface area is 119 Å². The van der Waals surface area contributed by atoms with Gasteiger partial charge in [0.05, 0.1) is 6.04 Å². The number of rotatable bonds is 3. The Balaban J connectivity index is 2.14. The molecule has 5 heteroatoms. The number of hydrogen-bond donors (Lipinski definition) is 1. The molecule has 0 saturated carbocycles. The number of allylic oxidation sites excluding steroid dienone is 1. The van der Waals surface area contributed by atoms with Crippen molar-refractivity contribution in [3.8, 4) is 0 Å². The molecule has 1 aromatic heterocycles. The fraction of sp³-hybridized carbons (Fsp3) is 0.429. The van der Waals surface area contributed by atoms with Gasteiger partial charge >= 0.3 is 0 Å². The van der Waals surface area contributed by atoms with E-state index >= 15 is 0 Å². The van der Waals surface area contributed by atoms with Gasteiger partial charge in [-0.1, -0.05) is 11.6 Å². The van der Waals surface area contributed by atoms with E-state index < -0.39 is 0 Å². The van der Waals surface area contributed by atoms with Gasteiger partial charge < -0.3 is 10.6 Å². The molecule has 102 valence electrons. The molecule has 0 aromatic carbocycles. The number of hydrogen-bond acceptors (Lipinski definition) is 4. The van der Waals surface area contributed by atoms with Gasteiger partial charge in [0.2, 0.25) is 0 Å². The normalized spacial score (nSPS) is 21.4. The SMILES string of the molecule is Cc1cc(Cl)ncc1/C(C=NC1CCN(C)C1)=C/N. The van der Waals surface area contributed by atoms with Crippen LogP contribution in [0.3, 0.4) is 0 Å². The average Bonchev–Trinajstić information content (AvgIpc) is 2.78.